The molecule has 4 heterocycles. The average Bonchev–Trinajstić information content (AvgIpc) is 3.33. The molecule has 6 N–H and O–H groups in total. The van der Waals surface area contributed by atoms with Gasteiger partial charge in [0.15, 0.2) is 0 Å². The Morgan fingerprint density at radius 3 is 1.39 bits per heavy atom. The van der Waals surface area contributed by atoms with Crippen LogP contribution < -0.4 is 26.3 Å². The highest BCUT2D eigenvalue weighted by molar-refractivity contribution is 6.32. The van der Waals surface area contributed by atoms with Crippen molar-refractivity contribution in [3.63, 3.8) is 0 Å². The van der Waals surface area contributed by atoms with Gasteiger partial charge in [-0.1, -0.05) is 47.5 Å². The summed E-state index contributed by atoms with van der Waals surface area (Å²) in [7, 11) is 6.85. The van der Waals surface area contributed by atoms with E-state index in [1.807, 2.05) is 48.5 Å². The first-order valence-corrected chi connectivity index (χ1v) is 19.0. The van der Waals surface area contributed by atoms with Gasteiger partial charge in [0.1, 0.15) is 67.8 Å². The first-order chi connectivity index (χ1) is 31.4. The summed E-state index contributed by atoms with van der Waals surface area (Å²) in [4.78, 5) is 57.7. The fraction of sp³-hybridized carbons (Fsp3) is 0.163. The van der Waals surface area contributed by atoms with Crippen LogP contribution in [0.5, 0.6) is 11.5 Å². The van der Waals surface area contributed by atoms with Gasteiger partial charge in [0, 0.05) is 13.1 Å². The summed E-state index contributed by atoms with van der Waals surface area (Å²) in [5.41, 5.74) is 12.4. The van der Waals surface area contributed by atoms with Crippen LogP contribution in [0.2, 0.25) is 10.3 Å². The lowest BCUT2D eigenvalue weighted by Gasteiger charge is -2.10. The van der Waals surface area contributed by atoms with E-state index >= 15 is 0 Å². The number of anilines is 2. The van der Waals surface area contributed by atoms with Gasteiger partial charge in [-0.3, -0.25) is 0 Å². The third-order valence-electron chi connectivity index (χ3n) is 7.81. The highest BCUT2D eigenvalue weighted by Gasteiger charge is 2.15. The number of carbonyl (C=O) groups excluding carboxylic acids is 3. The fourth-order valence-corrected chi connectivity index (χ4v) is 4.87. The standard InChI is InChI=1S/C15H15FN2O3.C8H11NO.C7H5ClFNO2.C7H7FN2O2.C6H3ClFNO2/c1-20-12-5-3-10(4-6-12)8-17-14-13(15(19)21-2)7-11(16)9-18-14;1-10-8-4-2-7(6-9)3-5-8;1-12-7(11)5-2-4(9)3-10-6(5)8;1-12-7(11)5-2-4(8)3-10-6(5)9;7-5-4(6(10)11)1-3(8)2-9-5/h3-7,9H,8H2,1-2H3,(H,17,18);2-5H,6,9H2,1H3;2-3H,1H3;2-3H,1H3,(H2,9,10);1-2H,(H,10,11). The lowest BCUT2D eigenvalue weighted by atomic mass is 10.2. The highest BCUT2D eigenvalue weighted by atomic mass is 35.5. The van der Waals surface area contributed by atoms with Gasteiger partial charge in [-0.15, -0.1) is 0 Å². The maximum absolute atomic E-state index is 13.2. The van der Waals surface area contributed by atoms with E-state index < -0.39 is 47.1 Å². The van der Waals surface area contributed by atoms with E-state index in [-0.39, 0.29) is 44.2 Å². The lowest BCUT2D eigenvalue weighted by molar-refractivity contribution is 0.0591. The van der Waals surface area contributed by atoms with Crippen molar-refractivity contribution in [1.82, 2.24) is 19.9 Å². The van der Waals surface area contributed by atoms with E-state index in [0.29, 0.717) is 13.1 Å². The zero-order valence-corrected chi connectivity index (χ0v) is 37.0. The number of aromatic nitrogens is 4. The van der Waals surface area contributed by atoms with Gasteiger partial charge in [0.05, 0.1) is 71.5 Å². The van der Waals surface area contributed by atoms with Crippen LogP contribution in [0, 0.1) is 23.3 Å². The fourth-order valence-electron chi connectivity index (χ4n) is 4.51. The number of halogens is 6. The number of hydrogen-bond acceptors (Lipinski definition) is 16. The molecule has 2 aromatic carbocycles. The van der Waals surface area contributed by atoms with Gasteiger partial charge in [-0.25, -0.2) is 56.7 Å². The van der Waals surface area contributed by atoms with Crippen LogP contribution >= 0.6 is 23.2 Å². The molecule has 6 aromatic rings. The predicted molar refractivity (Wildman–Crippen MR) is 233 cm³/mol. The molecule has 23 heteroatoms. The second-order valence-electron chi connectivity index (χ2n) is 12.2. The number of benzene rings is 2. The maximum Gasteiger partial charge on any atom is 0.341 e. The molecule has 4 aromatic heterocycles. The van der Waals surface area contributed by atoms with Crippen molar-refractivity contribution in [3.05, 3.63) is 165 Å². The minimum atomic E-state index is -1.29. The molecular weight excluding hydrogens is 921 g/mol. The molecule has 0 saturated heterocycles. The smallest absolute Gasteiger partial charge is 0.341 e. The SMILES string of the molecule is COC(=O)c1cc(F)cnc1Cl.COC(=O)c1cc(F)cnc1N.COC(=O)c1cc(F)cnc1NCc1ccc(OC)cc1.COc1ccc(CN)cc1.O=C(O)c1cc(F)cnc1Cl. The summed E-state index contributed by atoms with van der Waals surface area (Å²) in [6, 6.07) is 19.0. The largest absolute Gasteiger partial charge is 0.497 e. The van der Waals surface area contributed by atoms with Gasteiger partial charge < -0.3 is 45.6 Å². The molecule has 0 aliphatic carbocycles. The Kier molecular flexibility index (Phi) is 23.3. The number of nitrogen functional groups attached to an aromatic ring is 1. The number of pyridine rings is 4. The normalized spacial score (nSPS) is 9.70. The molecule has 6 rings (SSSR count). The second-order valence-corrected chi connectivity index (χ2v) is 12.9. The minimum absolute atomic E-state index is 0.0387. The van der Waals surface area contributed by atoms with Crippen molar-refractivity contribution in [2.75, 3.05) is 46.6 Å². The van der Waals surface area contributed by atoms with Crippen molar-refractivity contribution >= 4 is 58.7 Å². The summed E-state index contributed by atoms with van der Waals surface area (Å²) in [6.45, 7) is 1.02. The summed E-state index contributed by atoms with van der Waals surface area (Å²) < 4.78 is 73.9. The molecule has 0 aliphatic heterocycles. The van der Waals surface area contributed by atoms with Crippen LogP contribution in [0.3, 0.4) is 0 Å². The predicted octanol–water partition coefficient (Wildman–Crippen LogP) is 7.60. The topological polar surface area (TPSA) is 250 Å². The van der Waals surface area contributed by atoms with Gasteiger partial charge in [0.2, 0.25) is 0 Å². The van der Waals surface area contributed by atoms with Crippen LogP contribution in [-0.2, 0) is 27.3 Å². The van der Waals surface area contributed by atoms with Gasteiger partial charge >= 0.3 is 23.9 Å². The van der Waals surface area contributed by atoms with Crippen molar-refractivity contribution < 1.29 is 65.5 Å². The quantitative estimate of drug-likeness (QED) is 0.0446. The second kappa shape index (κ2) is 28.2. The number of methoxy groups -OCH3 is 5. The number of carboxylic acids is 1. The van der Waals surface area contributed by atoms with E-state index in [0.717, 1.165) is 71.7 Å². The zero-order chi connectivity index (χ0) is 49.3. The van der Waals surface area contributed by atoms with Gasteiger partial charge in [-0.05, 0) is 59.7 Å². The molecule has 0 radical (unpaired) electrons. The summed E-state index contributed by atoms with van der Waals surface area (Å²) >= 11 is 10.8. The molecule has 66 heavy (non-hydrogen) atoms. The van der Waals surface area contributed by atoms with Crippen molar-refractivity contribution in [2.24, 2.45) is 5.73 Å². The van der Waals surface area contributed by atoms with E-state index in [1.54, 1.807) is 14.2 Å². The Hall–Kier alpha value is -7.62. The van der Waals surface area contributed by atoms with E-state index in [1.165, 1.54) is 21.3 Å². The zero-order valence-electron chi connectivity index (χ0n) is 35.5. The number of ether oxygens (including phenoxy) is 5. The first-order valence-electron chi connectivity index (χ1n) is 18.3. The number of rotatable bonds is 10. The lowest BCUT2D eigenvalue weighted by Crippen LogP contribution is -2.10. The van der Waals surface area contributed by atoms with E-state index in [4.69, 9.17) is 49.2 Å². The number of nitrogens with zero attached hydrogens (tertiary/aromatic N) is 4. The molecule has 0 aliphatic rings. The van der Waals surface area contributed by atoms with Crippen molar-refractivity contribution in [3.8, 4) is 11.5 Å². The van der Waals surface area contributed by atoms with E-state index in [2.05, 4.69) is 39.5 Å². The number of hydrogen-bond donors (Lipinski definition) is 4. The first kappa shape index (κ1) is 54.5. The molecule has 17 nitrogen and oxygen atoms in total. The number of carbonyl (C=O) groups is 4. The highest BCUT2D eigenvalue weighted by Crippen LogP contribution is 2.18. The number of carboxylic acid groups (broad SMARTS) is 1. The van der Waals surface area contributed by atoms with Gasteiger partial charge in [0.25, 0.3) is 0 Å². The molecule has 0 unspecified atom stereocenters. The monoisotopic (exact) mass is 961 g/mol. The van der Waals surface area contributed by atoms with Crippen LogP contribution in [0.4, 0.5) is 29.2 Å². The van der Waals surface area contributed by atoms with E-state index in [9.17, 15) is 36.7 Å². The number of esters is 3. The third kappa shape index (κ3) is 18.2. The number of nitrogens with one attached hydrogen (secondary N) is 1. The number of nitrogens with two attached hydrogens (primary N) is 2. The molecule has 0 bridgehead atoms. The third-order valence-corrected chi connectivity index (χ3v) is 8.41. The van der Waals surface area contributed by atoms with Crippen LogP contribution in [0.1, 0.15) is 52.6 Å². The van der Waals surface area contributed by atoms with Crippen LogP contribution in [0.15, 0.2) is 97.6 Å². The van der Waals surface area contributed by atoms with Crippen LogP contribution in [0.25, 0.3) is 0 Å². The molecule has 0 saturated carbocycles. The Morgan fingerprint density at radius 2 is 0.955 bits per heavy atom. The Labute approximate surface area is 384 Å². The molecule has 0 fully saturated rings. The minimum Gasteiger partial charge on any atom is -0.497 e. The summed E-state index contributed by atoms with van der Waals surface area (Å²) in [5, 5.41) is 11.1. The molecule has 0 spiro atoms. The average molecular weight is 963 g/mol. The van der Waals surface area contributed by atoms with Gasteiger partial charge in [-0.2, -0.15) is 0 Å². The van der Waals surface area contributed by atoms with Crippen molar-refractivity contribution in [1.29, 1.82) is 0 Å². The Balaban J connectivity index is 0.000000293. The molecular formula is C43H41Cl2F4N7O10. The summed E-state index contributed by atoms with van der Waals surface area (Å²) in [5.74, 6) is -4.01. The molecule has 0 amide bonds. The number of aromatic carboxylic acids is 1. The maximum atomic E-state index is 13.2. The van der Waals surface area contributed by atoms with Crippen molar-refractivity contribution in [2.45, 2.75) is 13.1 Å². The Bertz CT molecular complexity index is 2460. The van der Waals surface area contributed by atoms with Crippen LogP contribution in [-0.4, -0.2) is 84.5 Å². The molecule has 0 atom stereocenters. The summed E-state index contributed by atoms with van der Waals surface area (Å²) in [6.07, 6.45) is 3.76. The Morgan fingerprint density at radius 1 is 0.576 bits per heavy atom. The molecule has 350 valence electrons.